The Morgan fingerprint density at radius 1 is 1.24 bits per heavy atom. The zero-order chi connectivity index (χ0) is 26.6. The first-order chi connectivity index (χ1) is 18.4. The fourth-order valence-corrected chi connectivity index (χ4v) is 5.66. The first kappa shape index (κ1) is 26.0. The molecule has 2 aliphatic rings. The lowest BCUT2D eigenvalue weighted by Crippen LogP contribution is -2.41. The van der Waals surface area contributed by atoms with E-state index in [4.69, 9.17) is 14.7 Å². The summed E-state index contributed by atoms with van der Waals surface area (Å²) in [6.45, 7) is 9.40. The van der Waals surface area contributed by atoms with E-state index in [0.29, 0.717) is 31.7 Å². The van der Waals surface area contributed by atoms with Crippen molar-refractivity contribution in [3.8, 4) is 6.01 Å². The van der Waals surface area contributed by atoms with E-state index in [1.54, 1.807) is 0 Å². The molecule has 0 unspecified atom stereocenters. The van der Waals surface area contributed by atoms with Gasteiger partial charge in [-0.3, -0.25) is 4.79 Å². The summed E-state index contributed by atoms with van der Waals surface area (Å²) in [5.74, 6) is 0.702. The zero-order valence-electron chi connectivity index (χ0n) is 22.7. The highest BCUT2D eigenvalue weighted by Gasteiger charge is 2.27. The molecule has 0 saturated carbocycles. The number of likely N-dealkylation sites (tertiary alicyclic amines) is 1. The van der Waals surface area contributed by atoms with Crippen LogP contribution in [0, 0.1) is 0 Å². The number of amides is 1. The van der Waals surface area contributed by atoms with Crippen LogP contribution in [0.4, 0.5) is 11.5 Å². The molecular formula is C30H38N6O2. The van der Waals surface area contributed by atoms with Crippen molar-refractivity contribution in [2.24, 2.45) is 0 Å². The fourth-order valence-electron chi connectivity index (χ4n) is 5.66. The molecule has 0 aliphatic carbocycles. The molecule has 1 fully saturated rings. The van der Waals surface area contributed by atoms with Gasteiger partial charge in [0.2, 0.25) is 5.91 Å². The number of hydrogen-bond donors (Lipinski definition) is 1. The molecule has 3 heterocycles. The summed E-state index contributed by atoms with van der Waals surface area (Å²) in [7, 11) is 4.17. The van der Waals surface area contributed by atoms with E-state index in [2.05, 4.69) is 76.1 Å². The molecule has 2 aromatic carbocycles. The van der Waals surface area contributed by atoms with E-state index < -0.39 is 0 Å². The molecule has 8 nitrogen and oxygen atoms in total. The van der Waals surface area contributed by atoms with Gasteiger partial charge in [-0.2, -0.15) is 9.97 Å². The van der Waals surface area contributed by atoms with Gasteiger partial charge in [-0.1, -0.05) is 43.0 Å². The van der Waals surface area contributed by atoms with Crippen molar-refractivity contribution in [3.05, 3.63) is 66.4 Å². The number of nitrogens with zero attached hydrogens (tertiary/aromatic N) is 5. The Hall–Kier alpha value is -3.65. The predicted octanol–water partition coefficient (Wildman–Crippen LogP) is 3.79. The Bertz CT molecular complexity index is 1310. The number of aromatic nitrogens is 2. The first-order valence-electron chi connectivity index (χ1n) is 13.5. The summed E-state index contributed by atoms with van der Waals surface area (Å²) in [5, 5.41) is 5.43. The Morgan fingerprint density at radius 3 is 2.84 bits per heavy atom. The van der Waals surface area contributed by atoms with Crippen molar-refractivity contribution < 1.29 is 9.53 Å². The maximum Gasteiger partial charge on any atom is 0.318 e. The van der Waals surface area contributed by atoms with E-state index >= 15 is 0 Å². The number of anilines is 2. The van der Waals surface area contributed by atoms with Crippen LogP contribution < -0.4 is 19.9 Å². The molecule has 1 N–H and O–H groups in total. The quantitative estimate of drug-likeness (QED) is 0.436. The smallest absolute Gasteiger partial charge is 0.318 e. The number of hydrogen-bond acceptors (Lipinski definition) is 7. The van der Waals surface area contributed by atoms with Crippen molar-refractivity contribution in [1.82, 2.24) is 20.2 Å². The second-order valence-electron chi connectivity index (χ2n) is 10.5. The van der Waals surface area contributed by atoms with Gasteiger partial charge in [0, 0.05) is 48.9 Å². The van der Waals surface area contributed by atoms with Gasteiger partial charge in [0.15, 0.2) is 0 Å². The second-order valence-corrected chi connectivity index (χ2v) is 10.5. The SMILES string of the molecule is C=CC(=O)N[C@@H](C)CN(C)c1nc(OC[C@@H]2CCCN2C)nc2c1CCN(c1cccc3ccccc13)C2. The molecule has 0 radical (unpaired) electrons. The average Bonchev–Trinajstić information content (AvgIpc) is 3.34. The number of carbonyl (C=O) groups excluding carboxylic acids is 1. The lowest BCUT2D eigenvalue weighted by molar-refractivity contribution is -0.117. The van der Waals surface area contributed by atoms with E-state index in [0.717, 1.165) is 43.0 Å². The van der Waals surface area contributed by atoms with E-state index in [1.807, 2.05) is 14.0 Å². The fraction of sp³-hybridized carbons (Fsp3) is 0.433. The maximum atomic E-state index is 11.8. The second kappa shape index (κ2) is 11.4. The molecule has 2 atom stereocenters. The number of carbonyl (C=O) groups is 1. The van der Waals surface area contributed by atoms with Gasteiger partial charge in [0.05, 0.1) is 12.2 Å². The molecule has 200 valence electrons. The molecule has 8 heteroatoms. The van der Waals surface area contributed by atoms with Crippen LogP contribution in [0.5, 0.6) is 6.01 Å². The van der Waals surface area contributed by atoms with Gasteiger partial charge in [0.25, 0.3) is 0 Å². The van der Waals surface area contributed by atoms with Crippen LogP contribution in [0.1, 0.15) is 31.0 Å². The zero-order valence-corrected chi connectivity index (χ0v) is 22.7. The molecule has 2 aliphatic heterocycles. The Kier molecular flexibility index (Phi) is 7.79. The highest BCUT2D eigenvalue weighted by Crippen LogP contribution is 2.34. The number of likely N-dealkylation sites (N-methyl/N-ethyl adjacent to an activating group) is 2. The Balaban J connectivity index is 1.43. The van der Waals surface area contributed by atoms with Crippen molar-refractivity contribution in [2.45, 2.75) is 44.8 Å². The van der Waals surface area contributed by atoms with Crippen LogP contribution in [0.15, 0.2) is 55.1 Å². The van der Waals surface area contributed by atoms with Crippen LogP contribution in [0.2, 0.25) is 0 Å². The van der Waals surface area contributed by atoms with E-state index in [1.165, 1.54) is 29.0 Å². The standard InChI is InChI=1S/C30H38N6O2/c1-5-28(37)31-21(2)18-35(4)29-25-15-17-36(27-14-8-11-22-10-6-7-13-24(22)27)19-26(25)32-30(33-29)38-20-23-12-9-16-34(23)3/h5-8,10-11,13-14,21,23H,1,9,12,15-20H2,2-4H3,(H,31,37)/t21-,23-/m0/s1. The number of nitrogens with one attached hydrogen (secondary N) is 1. The summed E-state index contributed by atoms with van der Waals surface area (Å²) >= 11 is 0. The molecule has 1 aromatic heterocycles. The lowest BCUT2D eigenvalue weighted by atomic mass is 10.0. The monoisotopic (exact) mass is 514 g/mol. The minimum atomic E-state index is -0.175. The summed E-state index contributed by atoms with van der Waals surface area (Å²) < 4.78 is 6.22. The topological polar surface area (TPSA) is 73.8 Å². The number of ether oxygens (including phenoxy) is 1. The first-order valence-corrected chi connectivity index (χ1v) is 13.5. The van der Waals surface area contributed by atoms with Crippen LogP contribution in [0.3, 0.4) is 0 Å². The van der Waals surface area contributed by atoms with Gasteiger partial charge in [-0.25, -0.2) is 0 Å². The molecule has 1 amide bonds. The van der Waals surface area contributed by atoms with Crippen LogP contribution in [-0.4, -0.2) is 73.2 Å². The summed E-state index contributed by atoms with van der Waals surface area (Å²) in [4.78, 5) is 28.5. The van der Waals surface area contributed by atoms with Gasteiger partial charge < -0.3 is 24.8 Å². The Labute approximate surface area is 225 Å². The molecule has 5 rings (SSSR count). The third kappa shape index (κ3) is 5.60. The molecule has 38 heavy (non-hydrogen) atoms. The van der Waals surface area contributed by atoms with Crippen LogP contribution in [0.25, 0.3) is 10.8 Å². The highest BCUT2D eigenvalue weighted by molar-refractivity contribution is 5.94. The van der Waals surface area contributed by atoms with Crippen molar-refractivity contribution >= 4 is 28.2 Å². The van der Waals surface area contributed by atoms with Crippen molar-refractivity contribution in [1.29, 1.82) is 0 Å². The molecule has 3 aromatic rings. The maximum absolute atomic E-state index is 11.8. The summed E-state index contributed by atoms with van der Waals surface area (Å²) in [5.41, 5.74) is 3.37. The molecule has 0 spiro atoms. The van der Waals surface area contributed by atoms with Crippen LogP contribution in [-0.2, 0) is 17.8 Å². The number of rotatable bonds is 9. The normalized spacial score (nSPS) is 18.2. The summed E-state index contributed by atoms with van der Waals surface area (Å²) in [6, 6.07) is 15.7. The predicted molar refractivity (Wildman–Crippen MR) is 153 cm³/mol. The third-order valence-electron chi connectivity index (χ3n) is 7.69. The molecule has 0 bridgehead atoms. The summed E-state index contributed by atoms with van der Waals surface area (Å²) in [6.07, 6.45) is 4.45. The number of fused-ring (bicyclic) bond motifs is 2. The van der Waals surface area contributed by atoms with Gasteiger partial charge in [-0.15, -0.1) is 0 Å². The lowest BCUT2D eigenvalue weighted by Gasteiger charge is -2.34. The highest BCUT2D eigenvalue weighted by atomic mass is 16.5. The van der Waals surface area contributed by atoms with Gasteiger partial charge in [0.1, 0.15) is 12.4 Å². The average molecular weight is 515 g/mol. The van der Waals surface area contributed by atoms with Gasteiger partial charge >= 0.3 is 6.01 Å². The van der Waals surface area contributed by atoms with Gasteiger partial charge in [-0.05, 0) is 57.3 Å². The third-order valence-corrected chi connectivity index (χ3v) is 7.69. The largest absolute Gasteiger partial charge is 0.462 e. The minimum Gasteiger partial charge on any atom is -0.462 e. The van der Waals surface area contributed by atoms with Crippen molar-refractivity contribution in [2.75, 3.05) is 50.1 Å². The number of benzene rings is 2. The van der Waals surface area contributed by atoms with Crippen LogP contribution >= 0.6 is 0 Å². The van der Waals surface area contributed by atoms with E-state index in [9.17, 15) is 4.79 Å². The molecule has 1 saturated heterocycles. The Morgan fingerprint density at radius 2 is 2.05 bits per heavy atom. The minimum absolute atomic E-state index is 0.0663. The van der Waals surface area contributed by atoms with Crippen molar-refractivity contribution in [3.63, 3.8) is 0 Å². The molecular weight excluding hydrogens is 476 g/mol. The van der Waals surface area contributed by atoms with E-state index in [-0.39, 0.29) is 11.9 Å².